The summed E-state index contributed by atoms with van der Waals surface area (Å²) in [4.78, 5) is 16.7. The van der Waals surface area contributed by atoms with Crippen LogP contribution >= 0.6 is 0 Å². The molecule has 0 spiro atoms. The van der Waals surface area contributed by atoms with E-state index in [1.165, 1.54) is 0 Å². The zero-order chi connectivity index (χ0) is 15.4. The summed E-state index contributed by atoms with van der Waals surface area (Å²) in [5.74, 6) is 1.59. The molecule has 0 aromatic carbocycles. The van der Waals surface area contributed by atoms with E-state index >= 15 is 0 Å². The molecule has 22 heavy (non-hydrogen) atoms. The van der Waals surface area contributed by atoms with Crippen LogP contribution in [0.3, 0.4) is 0 Å². The van der Waals surface area contributed by atoms with Gasteiger partial charge in [0.05, 0.1) is 26.2 Å². The van der Waals surface area contributed by atoms with Gasteiger partial charge in [0.1, 0.15) is 0 Å². The van der Waals surface area contributed by atoms with E-state index in [4.69, 9.17) is 9.47 Å². The minimum absolute atomic E-state index is 0.0377. The number of hydrogen-bond acceptors (Lipinski definition) is 6. The van der Waals surface area contributed by atoms with E-state index in [1.54, 1.807) is 13.2 Å². The lowest BCUT2D eigenvalue weighted by atomic mass is 9.96. The molecule has 2 saturated heterocycles. The molecule has 7 nitrogen and oxygen atoms in total. The largest absolute Gasteiger partial charge is 0.480 e. The summed E-state index contributed by atoms with van der Waals surface area (Å²) < 4.78 is 10.3. The highest BCUT2D eigenvalue weighted by Gasteiger charge is 2.30. The Hall–Kier alpha value is -1.89. The molecule has 7 heteroatoms. The fourth-order valence-electron chi connectivity index (χ4n) is 3.02. The summed E-state index contributed by atoms with van der Waals surface area (Å²) in [6, 6.07) is 3.70. The van der Waals surface area contributed by atoms with Gasteiger partial charge >= 0.3 is 0 Å². The van der Waals surface area contributed by atoms with Crippen LogP contribution in [0.25, 0.3) is 0 Å². The molecule has 3 rings (SSSR count). The maximum Gasteiger partial charge on any atom is 0.233 e. The fraction of sp³-hybridized carbons (Fsp3) is 0.667. The molecular weight excluding hydrogens is 284 g/mol. The fourth-order valence-corrected chi connectivity index (χ4v) is 3.02. The first-order valence-corrected chi connectivity index (χ1v) is 7.77. The van der Waals surface area contributed by atoms with E-state index < -0.39 is 0 Å². The third-order valence-corrected chi connectivity index (χ3v) is 4.25. The van der Waals surface area contributed by atoms with E-state index in [0.29, 0.717) is 38.7 Å². The third-order valence-electron chi connectivity index (χ3n) is 4.25. The van der Waals surface area contributed by atoms with Gasteiger partial charge in [0.2, 0.25) is 11.8 Å². The van der Waals surface area contributed by atoms with Crippen LogP contribution < -0.4 is 9.64 Å². The molecule has 0 saturated carbocycles. The Morgan fingerprint density at radius 3 is 2.77 bits per heavy atom. The Balaban J connectivity index is 1.64. The summed E-state index contributed by atoms with van der Waals surface area (Å²) in [6.45, 7) is 4.32. The molecule has 1 aromatic rings. The lowest BCUT2D eigenvalue weighted by molar-refractivity contribution is -0.139. The summed E-state index contributed by atoms with van der Waals surface area (Å²) in [5.41, 5.74) is 0. The SMILES string of the molecule is COc1ccc(N2CCCC(C(=O)N3CCOCC3)C2)nn1. The van der Waals surface area contributed by atoms with Crippen molar-refractivity contribution >= 4 is 11.7 Å². The first-order chi connectivity index (χ1) is 10.8. The van der Waals surface area contributed by atoms with Crippen molar-refractivity contribution in [2.45, 2.75) is 12.8 Å². The molecule has 1 unspecified atom stereocenters. The quantitative estimate of drug-likeness (QED) is 0.813. The highest BCUT2D eigenvalue weighted by molar-refractivity contribution is 5.79. The number of carbonyl (C=O) groups is 1. The second kappa shape index (κ2) is 6.91. The molecule has 1 atom stereocenters. The van der Waals surface area contributed by atoms with Gasteiger partial charge in [-0.1, -0.05) is 0 Å². The molecule has 0 N–H and O–H groups in total. The van der Waals surface area contributed by atoms with Gasteiger partial charge < -0.3 is 19.3 Å². The zero-order valence-electron chi connectivity index (χ0n) is 12.9. The number of carbonyl (C=O) groups excluding carboxylic acids is 1. The monoisotopic (exact) mass is 306 g/mol. The predicted molar refractivity (Wildman–Crippen MR) is 80.9 cm³/mol. The molecule has 2 aliphatic rings. The van der Waals surface area contributed by atoms with Gasteiger partial charge in [-0.3, -0.25) is 4.79 Å². The number of aromatic nitrogens is 2. The van der Waals surface area contributed by atoms with E-state index in [9.17, 15) is 4.79 Å². The van der Waals surface area contributed by atoms with E-state index in [2.05, 4.69) is 15.1 Å². The van der Waals surface area contributed by atoms with Gasteiger partial charge in [-0.05, 0) is 18.9 Å². The number of ether oxygens (including phenoxy) is 2. The number of piperidine rings is 1. The van der Waals surface area contributed by atoms with Crippen LogP contribution in [0.1, 0.15) is 12.8 Å². The van der Waals surface area contributed by atoms with E-state index in [-0.39, 0.29) is 11.8 Å². The Kier molecular flexibility index (Phi) is 4.72. The second-order valence-electron chi connectivity index (χ2n) is 5.66. The Morgan fingerprint density at radius 1 is 1.27 bits per heavy atom. The van der Waals surface area contributed by atoms with Crippen molar-refractivity contribution in [3.63, 3.8) is 0 Å². The van der Waals surface area contributed by atoms with Gasteiger partial charge in [0, 0.05) is 32.2 Å². The number of morpholine rings is 1. The number of rotatable bonds is 3. The van der Waals surface area contributed by atoms with Crippen LogP contribution in [0.4, 0.5) is 5.82 Å². The molecule has 2 fully saturated rings. The number of methoxy groups -OCH3 is 1. The van der Waals surface area contributed by atoms with Crippen molar-refractivity contribution < 1.29 is 14.3 Å². The summed E-state index contributed by atoms with van der Waals surface area (Å²) >= 11 is 0. The lowest BCUT2D eigenvalue weighted by Crippen LogP contribution is -2.48. The third kappa shape index (κ3) is 3.30. The highest BCUT2D eigenvalue weighted by atomic mass is 16.5. The Morgan fingerprint density at radius 2 is 2.09 bits per heavy atom. The van der Waals surface area contributed by atoms with Crippen molar-refractivity contribution in [1.82, 2.24) is 15.1 Å². The summed E-state index contributed by atoms with van der Waals surface area (Å²) in [5, 5.41) is 8.19. The Labute approximate surface area is 130 Å². The first-order valence-electron chi connectivity index (χ1n) is 7.77. The average molecular weight is 306 g/mol. The van der Waals surface area contributed by atoms with Crippen LogP contribution in [0.5, 0.6) is 5.88 Å². The van der Waals surface area contributed by atoms with Gasteiger partial charge in [-0.2, -0.15) is 0 Å². The van der Waals surface area contributed by atoms with Crippen molar-refractivity contribution in [2.75, 3.05) is 51.4 Å². The smallest absolute Gasteiger partial charge is 0.233 e. The van der Waals surface area contributed by atoms with E-state index in [0.717, 1.165) is 25.2 Å². The lowest BCUT2D eigenvalue weighted by Gasteiger charge is -2.36. The van der Waals surface area contributed by atoms with Crippen molar-refractivity contribution in [1.29, 1.82) is 0 Å². The summed E-state index contributed by atoms with van der Waals surface area (Å²) in [7, 11) is 1.57. The van der Waals surface area contributed by atoms with Crippen molar-refractivity contribution in [3.8, 4) is 5.88 Å². The van der Waals surface area contributed by atoms with E-state index in [1.807, 2.05) is 11.0 Å². The van der Waals surface area contributed by atoms with Crippen molar-refractivity contribution in [3.05, 3.63) is 12.1 Å². The minimum atomic E-state index is 0.0377. The van der Waals surface area contributed by atoms with Crippen LogP contribution in [0, 0.1) is 5.92 Å². The van der Waals surface area contributed by atoms with Crippen LogP contribution in [-0.4, -0.2) is 67.5 Å². The highest BCUT2D eigenvalue weighted by Crippen LogP contribution is 2.23. The maximum absolute atomic E-state index is 12.6. The molecule has 0 bridgehead atoms. The maximum atomic E-state index is 12.6. The normalized spacial score (nSPS) is 22.5. The predicted octanol–water partition coefficient (Wildman–Crippen LogP) is 0.560. The standard InChI is InChI=1S/C15H22N4O3/c1-21-14-5-4-13(16-17-14)19-6-2-3-12(11-19)15(20)18-7-9-22-10-8-18/h4-5,12H,2-3,6-11H2,1H3. The molecule has 1 aromatic heterocycles. The summed E-state index contributed by atoms with van der Waals surface area (Å²) in [6.07, 6.45) is 1.94. The molecule has 1 amide bonds. The second-order valence-corrected chi connectivity index (χ2v) is 5.66. The number of anilines is 1. The first kappa shape index (κ1) is 15.0. The molecular formula is C15H22N4O3. The van der Waals surface area contributed by atoms with Gasteiger partial charge in [-0.15, -0.1) is 10.2 Å². The molecule has 2 aliphatic heterocycles. The topological polar surface area (TPSA) is 67.8 Å². The number of amides is 1. The number of nitrogens with zero attached hydrogens (tertiary/aromatic N) is 4. The van der Waals surface area contributed by atoms with Crippen molar-refractivity contribution in [2.24, 2.45) is 5.92 Å². The Bertz CT molecular complexity index is 502. The molecule has 0 radical (unpaired) electrons. The molecule has 3 heterocycles. The van der Waals surface area contributed by atoms with Gasteiger partial charge in [0.15, 0.2) is 5.82 Å². The zero-order valence-corrected chi connectivity index (χ0v) is 12.9. The van der Waals surface area contributed by atoms with Gasteiger partial charge in [-0.25, -0.2) is 0 Å². The average Bonchev–Trinajstić information content (AvgIpc) is 2.62. The molecule has 120 valence electrons. The molecule has 0 aliphatic carbocycles. The van der Waals surface area contributed by atoms with Crippen LogP contribution in [-0.2, 0) is 9.53 Å². The van der Waals surface area contributed by atoms with Crippen LogP contribution in [0.2, 0.25) is 0 Å². The van der Waals surface area contributed by atoms with Gasteiger partial charge in [0.25, 0.3) is 0 Å². The minimum Gasteiger partial charge on any atom is -0.480 e. The van der Waals surface area contributed by atoms with Crippen LogP contribution in [0.15, 0.2) is 12.1 Å². The number of hydrogen-bond donors (Lipinski definition) is 0.